The molecule has 1 N–H and O–H groups in total. The third-order valence-electron chi connectivity index (χ3n) is 4.11. The molecular formula is C16H31NO. The fourth-order valence-corrected chi connectivity index (χ4v) is 2.86. The molecule has 0 aromatic carbocycles. The molecule has 0 aromatic rings. The zero-order valence-corrected chi connectivity index (χ0v) is 12.2. The van der Waals surface area contributed by atoms with E-state index in [2.05, 4.69) is 12.2 Å². The van der Waals surface area contributed by atoms with Crippen molar-refractivity contribution in [2.75, 3.05) is 6.54 Å². The number of hydrogen-bond acceptors (Lipinski definition) is 1. The Balaban J connectivity index is 1.84. The molecule has 2 nitrogen and oxygen atoms in total. The summed E-state index contributed by atoms with van der Waals surface area (Å²) in [7, 11) is 0. The van der Waals surface area contributed by atoms with Gasteiger partial charge in [-0.1, -0.05) is 64.7 Å². The van der Waals surface area contributed by atoms with E-state index in [1.807, 2.05) is 0 Å². The van der Waals surface area contributed by atoms with Gasteiger partial charge in [-0.2, -0.15) is 0 Å². The molecule has 1 fully saturated rings. The van der Waals surface area contributed by atoms with Crippen molar-refractivity contribution in [1.82, 2.24) is 5.32 Å². The Morgan fingerprint density at radius 1 is 1.06 bits per heavy atom. The van der Waals surface area contributed by atoms with Gasteiger partial charge in [0, 0.05) is 13.0 Å². The summed E-state index contributed by atoms with van der Waals surface area (Å²) in [5.74, 6) is 1.11. The number of unbranched alkanes of at least 4 members (excludes halogenated alkanes) is 5. The Kier molecular flexibility index (Phi) is 8.97. The maximum Gasteiger partial charge on any atom is 0.220 e. The number of nitrogens with one attached hydrogen (secondary N) is 1. The molecule has 1 aliphatic rings. The topological polar surface area (TPSA) is 29.1 Å². The summed E-state index contributed by atoms with van der Waals surface area (Å²) in [6.07, 6.45) is 15.1. The van der Waals surface area contributed by atoms with Gasteiger partial charge in [-0.25, -0.2) is 0 Å². The molecule has 0 aromatic heterocycles. The van der Waals surface area contributed by atoms with Gasteiger partial charge in [0.25, 0.3) is 0 Å². The molecule has 1 rings (SSSR count). The van der Waals surface area contributed by atoms with Crippen LogP contribution in [0, 0.1) is 5.92 Å². The van der Waals surface area contributed by atoms with E-state index in [4.69, 9.17) is 0 Å². The SMILES string of the molecule is CCCCCCCCNC(=O)CCC1CCCC1. The second kappa shape index (κ2) is 10.4. The molecule has 0 saturated heterocycles. The zero-order valence-electron chi connectivity index (χ0n) is 12.2. The molecule has 0 unspecified atom stereocenters. The van der Waals surface area contributed by atoms with Crippen LogP contribution in [-0.4, -0.2) is 12.5 Å². The van der Waals surface area contributed by atoms with Gasteiger partial charge in [0.1, 0.15) is 0 Å². The van der Waals surface area contributed by atoms with Gasteiger partial charge in [-0.3, -0.25) is 4.79 Å². The fraction of sp³-hybridized carbons (Fsp3) is 0.938. The lowest BCUT2D eigenvalue weighted by atomic mass is 10.0. The molecule has 0 aliphatic heterocycles. The minimum absolute atomic E-state index is 0.274. The van der Waals surface area contributed by atoms with Gasteiger partial charge in [0.15, 0.2) is 0 Å². The van der Waals surface area contributed by atoms with Gasteiger partial charge in [0.05, 0.1) is 0 Å². The highest BCUT2D eigenvalue weighted by atomic mass is 16.1. The summed E-state index contributed by atoms with van der Waals surface area (Å²) in [6.45, 7) is 3.13. The Bertz CT molecular complexity index is 209. The van der Waals surface area contributed by atoms with E-state index in [0.29, 0.717) is 0 Å². The predicted molar refractivity (Wildman–Crippen MR) is 77.6 cm³/mol. The summed E-state index contributed by atoms with van der Waals surface area (Å²) < 4.78 is 0. The fourth-order valence-electron chi connectivity index (χ4n) is 2.86. The standard InChI is InChI=1S/C16H31NO/c1-2-3-4-5-6-9-14-17-16(18)13-12-15-10-7-8-11-15/h15H,2-14H2,1H3,(H,17,18). The van der Waals surface area contributed by atoms with E-state index >= 15 is 0 Å². The minimum Gasteiger partial charge on any atom is -0.356 e. The van der Waals surface area contributed by atoms with Gasteiger partial charge in [-0.05, 0) is 18.8 Å². The molecule has 0 heterocycles. The van der Waals surface area contributed by atoms with E-state index in [9.17, 15) is 4.79 Å². The number of amides is 1. The van der Waals surface area contributed by atoms with Crippen molar-refractivity contribution >= 4 is 5.91 Å². The highest BCUT2D eigenvalue weighted by Crippen LogP contribution is 2.28. The van der Waals surface area contributed by atoms with Gasteiger partial charge < -0.3 is 5.32 Å². The van der Waals surface area contributed by atoms with Crippen LogP contribution in [0.4, 0.5) is 0 Å². The lowest BCUT2D eigenvalue weighted by Crippen LogP contribution is -2.24. The van der Waals surface area contributed by atoms with Crippen LogP contribution in [0.1, 0.15) is 84.0 Å². The Labute approximate surface area is 113 Å². The van der Waals surface area contributed by atoms with Crippen molar-refractivity contribution in [3.63, 3.8) is 0 Å². The highest BCUT2D eigenvalue weighted by molar-refractivity contribution is 5.75. The van der Waals surface area contributed by atoms with Crippen LogP contribution in [0.3, 0.4) is 0 Å². The third kappa shape index (κ3) is 7.73. The lowest BCUT2D eigenvalue weighted by molar-refractivity contribution is -0.121. The number of hydrogen-bond donors (Lipinski definition) is 1. The average molecular weight is 253 g/mol. The zero-order chi connectivity index (χ0) is 13.1. The molecular weight excluding hydrogens is 222 g/mol. The third-order valence-corrected chi connectivity index (χ3v) is 4.11. The van der Waals surface area contributed by atoms with Crippen molar-refractivity contribution < 1.29 is 4.79 Å². The summed E-state index contributed by atoms with van der Waals surface area (Å²) in [4.78, 5) is 11.6. The van der Waals surface area contributed by atoms with Gasteiger partial charge >= 0.3 is 0 Å². The first kappa shape index (κ1) is 15.5. The van der Waals surface area contributed by atoms with E-state index in [0.717, 1.165) is 31.7 Å². The summed E-state index contributed by atoms with van der Waals surface area (Å²) in [5, 5.41) is 3.06. The monoisotopic (exact) mass is 253 g/mol. The van der Waals surface area contributed by atoms with E-state index in [1.165, 1.54) is 57.8 Å². The van der Waals surface area contributed by atoms with Gasteiger partial charge in [0.2, 0.25) is 5.91 Å². The van der Waals surface area contributed by atoms with Crippen LogP contribution < -0.4 is 5.32 Å². The highest BCUT2D eigenvalue weighted by Gasteiger charge is 2.15. The second-order valence-electron chi connectivity index (χ2n) is 5.81. The second-order valence-corrected chi connectivity index (χ2v) is 5.81. The van der Waals surface area contributed by atoms with Crippen LogP contribution in [0.5, 0.6) is 0 Å². The van der Waals surface area contributed by atoms with E-state index < -0.39 is 0 Å². The van der Waals surface area contributed by atoms with E-state index in [-0.39, 0.29) is 5.91 Å². The van der Waals surface area contributed by atoms with Crippen LogP contribution in [0.25, 0.3) is 0 Å². The Hall–Kier alpha value is -0.530. The molecule has 0 spiro atoms. The first-order chi connectivity index (χ1) is 8.83. The molecule has 1 amide bonds. The normalized spacial score (nSPS) is 16.1. The average Bonchev–Trinajstić information content (AvgIpc) is 2.88. The smallest absolute Gasteiger partial charge is 0.220 e. The van der Waals surface area contributed by atoms with Crippen molar-refractivity contribution in [3.8, 4) is 0 Å². The maximum atomic E-state index is 11.6. The summed E-state index contributed by atoms with van der Waals surface area (Å²) in [5.41, 5.74) is 0. The number of rotatable bonds is 10. The van der Waals surface area contributed by atoms with Crippen LogP contribution in [-0.2, 0) is 4.79 Å². The van der Waals surface area contributed by atoms with Crippen molar-refractivity contribution in [2.45, 2.75) is 84.0 Å². The van der Waals surface area contributed by atoms with Gasteiger partial charge in [-0.15, -0.1) is 0 Å². The van der Waals surface area contributed by atoms with Crippen LogP contribution in [0.2, 0.25) is 0 Å². The maximum absolute atomic E-state index is 11.6. The Morgan fingerprint density at radius 3 is 2.44 bits per heavy atom. The summed E-state index contributed by atoms with van der Waals surface area (Å²) >= 11 is 0. The Morgan fingerprint density at radius 2 is 1.72 bits per heavy atom. The quantitative estimate of drug-likeness (QED) is 0.573. The molecule has 1 aliphatic carbocycles. The van der Waals surface area contributed by atoms with Crippen molar-refractivity contribution in [2.24, 2.45) is 5.92 Å². The van der Waals surface area contributed by atoms with Crippen molar-refractivity contribution in [1.29, 1.82) is 0 Å². The lowest BCUT2D eigenvalue weighted by Gasteiger charge is -2.09. The molecule has 0 atom stereocenters. The molecule has 0 bridgehead atoms. The largest absolute Gasteiger partial charge is 0.356 e. The number of carbonyl (C=O) groups excluding carboxylic acids is 1. The van der Waals surface area contributed by atoms with Crippen molar-refractivity contribution in [3.05, 3.63) is 0 Å². The molecule has 0 radical (unpaired) electrons. The first-order valence-corrected chi connectivity index (χ1v) is 8.09. The van der Waals surface area contributed by atoms with E-state index in [1.54, 1.807) is 0 Å². The first-order valence-electron chi connectivity index (χ1n) is 8.09. The molecule has 2 heteroatoms. The van der Waals surface area contributed by atoms with Crippen LogP contribution >= 0.6 is 0 Å². The molecule has 1 saturated carbocycles. The minimum atomic E-state index is 0.274. The molecule has 106 valence electrons. The number of carbonyl (C=O) groups is 1. The molecule has 18 heavy (non-hydrogen) atoms. The summed E-state index contributed by atoms with van der Waals surface area (Å²) in [6, 6.07) is 0. The predicted octanol–water partition coefficient (Wildman–Crippen LogP) is 4.43. The van der Waals surface area contributed by atoms with Crippen LogP contribution in [0.15, 0.2) is 0 Å².